The number of nitrogens with zero attached hydrogens (tertiary/aromatic N) is 2. The molecule has 1 aliphatic heterocycles. The second-order valence-corrected chi connectivity index (χ2v) is 8.65. The third-order valence-electron chi connectivity index (χ3n) is 5.36. The van der Waals surface area contributed by atoms with Gasteiger partial charge < -0.3 is 14.6 Å². The standard InChI is InChI=1S/C24H18N2O5S/c1-12-3-9-16-18(11-12)32-24(25-16)26-20(14-5-7-15(27)8-6-14)19(22(29)23(26)30)21(28)17-10-4-13(2)31-17/h3-11,20,27,29H,1-2H3/t20-/m0/s1. The van der Waals surface area contributed by atoms with E-state index in [1.54, 1.807) is 25.1 Å². The third-order valence-corrected chi connectivity index (χ3v) is 6.38. The first-order chi connectivity index (χ1) is 15.3. The predicted molar refractivity (Wildman–Crippen MR) is 120 cm³/mol. The number of aromatic nitrogens is 1. The van der Waals surface area contributed by atoms with E-state index in [2.05, 4.69) is 4.98 Å². The van der Waals surface area contributed by atoms with Gasteiger partial charge in [-0.3, -0.25) is 14.5 Å². The molecule has 1 atom stereocenters. The lowest BCUT2D eigenvalue weighted by Gasteiger charge is -2.24. The molecular weight excluding hydrogens is 428 g/mol. The van der Waals surface area contributed by atoms with Crippen molar-refractivity contribution in [2.75, 3.05) is 4.90 Å². The number of carbonyl (C=O) groups is 2. The van der Waals surface area contributed by atoms with Crippen molar-refractivity contribution in [3.8, 4) is 5.75 Å². The smallest absolute Gasteiger partial charge is 0.296 e. The van der Waals surface area contributed by atoms with Crippen LogP contribution >= 0.6 is 11.3 Å². The van der Waals surface area contributed by atoms with Gasteiger partial charge in [0.25, 0.3) is 5.91 Å². The predicted octanol–water partition coefficient (Wildman–Crippen LogP) is 4.99. The Labute approximate surface area is 186 Å². The molecule has 5 rings (SSSR count). The molecule has 0 fully saturated rings. The number of furan rings is 1. The zero-order valence-corrected chi connectivity index (χ0v) is 18.0. The van der Waals surface area contributed by atoms with Gasteiger partial charge >= 0.3 is 0 Å². The highest BCUT2D eigenvalue weighted by Crippen LogP contribution is 2.44. The lowest BCUT2D eigenvalue weighted by molar-refractivity contribution is -0.117. The summed E-state index contributed by atoms with van der Waals surface area (Å²) in [4.78, 5) is 32.4. The molecule has 0 spiro atoms. The molecule has 0 saturated carbocycles. The molecule has 0 aliphatic carbocycles. The van der Waals surface area contributed by atoms with Gasteiger partial charge in [-0.2, -0.15) is 0 Å². The number of Topliss-reactive ketones (excluding diaryl/α,β-unsaturated/α-hetero) is 1. The van der Waals surface area contributed by atoms with Gasteiger partial charge in [0, 0.05) is 0 Å². The average Bonchev–Trinajstić information content (AvgIpc) is 3.44. The number of aryl methyl sites for hydroxylation is 2. The Morgan fingerprint density at radius 2 is 1.81 bits per heavy atom. The molecule has 0 saturated heterocycles. The molecule has 8 heteroatoms. The first-order valence-corrected chi connectivity index (χ1v) is 10.7. The molecule has 2 N–H and O–H groups in total. The number of rotatable bonds is 4. The fourth-order valence-electron chi connectivity index (χ4n) is 3.82. The lowest BCUT2D eigenvalue weighted by atomic mass is 9.95. The molecule has 2 aromatic carbocycles. The number of phenols is 1. The largest absolute Gasteiger partial charge is 0.508 e. The zero-order valence-electron chi connectivity index (χ0n) is 17.2. The summed E-state index contributed by atoms with van der Waals surface area (Å²) >= 11 is 1.30. The van der Waals surface area contributed by atoms with Crippen molar-refractivity contribution in [1.82, 2.24) is 4.98 Å². The highest BCUT2D eigenvalue weighted by Gasteiger charge is 2.46. The van der Waals surface area contributed by atoms with E-state index < -0.39 is 23.5 Å². The zero-order chi connectivity index (χ0) is 22.6. The molecule has 0 bridgehead atoms. The van der Waals surface area contributed by atoms with Crippen LogP contribution in [0.1, 0.15) is 33.5 Å². The van der Waals surface area contributed by atoms with Crippen LogP contribution in [0.3, 0.4) is 0 Å². The fourth-order valence-corrected chi connectivity index (χ4v) is 4.91. The number of carbonyl (C=O) groups excluding carboxylic acids is 2. The van der Waals surface area contributed by atoms with Crippen LogP contribution in [0, 0.1) is 13.8 Å². The minimum Gasteiger partial charge on any atom is -0.508 e. The molecule has 2 aromatic heterocycles. The number of benzene rings is 2. The van der Waals surface area contributed by atoms with Gasteiger partial charge in [-0.05, 0) is 61.4 Å². The van der Waals surface area contributed by atoms with Gasteiger partial charge in [-0.25, -0.2) is 4.98 Å². The number of aliphatic hydroxyl groups is 1. The number of fused-ring (bicyclic) bond motifs is 1. The molecular formula is C24H18N2O5S. The normalized spacial score (nSPS) is 16.4. The highest BCUT2D eigenvalue weighted by atomic mass is 32.1. The first-order valence-electron chi connectivity index (χ1n) is 9.87. The Morgan fingerprint density at radius 1 is 1.06 bits per heavy atom. The van der Waals surface area contributed by atoms with Crippen molar-refractivity contribution in [1.29, 1.82) is 0 Å². The van der Waals surface area contributed by atoms with Crippen LogP contribution in [0.4, 0.5) is 5.13 Å². The Balaban J connectivity index is 1.68. The molecule has 3 heterocycles. The van der Waals surface area contributed by atoms with Crippen LogP contribution in [-0.2, 0) is 4.79 Å². The van der Waals surface area contributed by atoms with E-state index in [9.17, 15) is 19.8 Å². The maximum Gasteiger partial charge on any atom is 0.296 e. The number of ketones is 1. The van der Waals surface area contributed by atoms with Gasteiger partial charge in [0.05, 0.1) is 21.8 Å². The number of aromatic hydroxyl groups is 1. The second kappa shape index (κ2) is 7.35. The van der Waals surface area contributed by atoms with E-state index in [-0.39, 0.29) is 17.1 Å². The molecule has 160 valence electrons. The third kappa shape index (κ3) is 3.16. The number of hydrogen-bond donors (Lipinski definition) is 2. The van der Waals surface area contributed by atoms with Crippen molar-refractivity contribution < 1.29 is 24.2 Å². The van der Waals surface area contributed by atoms with E-state index in [1.807, 2.05) is 25.1 Å². The number of amides is 1. The van der Waals surface area contributed by atoms with Crippen molar-refractivity contribution in [2.24, 2.45) is 0 Å². The van der Waals surface area contributed by atoms with E-state index in [0.717, 1.165) is 10.3 Å². The Bertz CT molecular complexity index is 1410. The van der Waals surface area contributed by atoms with Crippen LogP contribution in [0.15, 0.2) is 70.3 Å². The summed E-state index contributed by atoms with van der Waals surface area (Å²) in [5, 5.41) is 20.9. The second-order valence-electron chi connectivity index (χ2n) is 7.64. The highest BCUT2D eigenvalue weighted by molar-refractivity contribution is 7.22. The Kier molecular flexibility index (Phi) is 4.60. The fraction of sp³-hybridized carbons (Fsp3) is 0.125. The number of thiazole rings is 1. The van der Waals surface area contributed by atoms with E-state index >= 15 is 0 Å². The number of anilines is 1. The summed E-state index contributed by atoms with van der Waals surface area (Å²) in [5.41, 5.74) is 2.22. The van der Waals surface area contributed by atoms with Crippen LogP contribution < -0.4 is 4.90 Å². The molecule has 0 radical (unpaired) electrons. The first kappa shape index (κ1) is 20.0. The monoisotopic (exact) mass is 446 g/mol. The summed E-state index contributed by atoms with van der Waals surface area (Å²) in [5.74, 6) is -1.33. The van der Waals surface area contributed by atoms with Crippen LogP contribution in [0.2, 0.25) is 0 Å². The van der Waals surface area contributed by atoms with E-state index in [0.29, 0.717) is 22.0 Å². The van der Waals surface area contributed by atoms with Crippen LogP contribution in [-0.4, -0.2) is 26.9 Å². The summed E-state index contributed by atoms with van der Waals surface area (Å²) < 4.78 is 6.36. The Hall–Kier alpha value is -3.91. The van der Waals surface area contributed by atoms with Crippen molar-refractivity contribution >= 4 is 38.4 Å². The number of aliphatic hydroxyl groups excluding tert-OH is 1. The quantitative estimate of drug-likeness (QED) is 0.428. The molecule has 0 unspecified atom stereocenters. The van der Waals surface area contributed by atoms with Gasteiger partial charge in [-0.1, -0.05) is 29.5 Å². The van der Waals surface area contributed by atoms with Gasteiger partial charge in [0.1, 0.15) is 11.5 Å². The summed E-state index contributed by atoms with van der Waals surface area (Å²) in [6.07, 6.45) is 0. The topological polar surface area (TPSA) is 104 Å². The van der Waals surface area contributed by atoms with Crippen LogP contribution in [0.25, 0.3) is 10.2 Å². The van der Waals surface area contributed by atoms with Crippen molar-refractivity contribution in [3.63, 3.8) is 0 Å². The molecule has 4 aromatic rings. The maximum atomic E-state index is 13.3. The Morgan fingerprint density at radius 3 is 2.50 bits per heavy atom. The van der Waals surface area contributed by atoms with Crippen LogP contribution in [0.5, 0.6) is 5.75 Å². The minimum atomic E-state index is -0.928. The minimum absolute atomic E-state index is 0.0300. The lowest BCUT2D eigenvalue weighted by Crippen LogP contribution is -2.30. The summed E-state index contributed by atoms with van der Waals surface area (Å²) in [6, 6.07) is 14.1. The van der Waals surface area contributed by atoms with Gasteiger partial charge in [0.2, 0.25) is 5.78 Å². The molecule has 7 nitrogen and oxygen atoms in total. The average molecular weight is 446 g/mol. The van der Waals surface area contributed by atoms with Gasteiger partial charge in [0.15, 0.2) is 16.7 Å². The van der Waals surface area contributed by atoms with Crippen molar-refractivity contribution in [3.05, 3.63) is 88.6 Å². The summed E-state index contributed by atoms with van der Waals surface area (Å²) in [7, 11) is 0. The van der Waals surface area contributed by atoms with E-state index in [4.69, 9.17) is 4.42 Å². The molecule has 1 aliphatic rings. The molecule has 1 amide bonds. The molecule has 32 heavy (non-hydrogen) atoms. The maximum absolute atomic E-state index is 13.3. The number of hydrogen-bond acceptors (Lipinski definition) is 7. The SMILES string of the molecule is Cc1ccc2nc(N3C(=O)C(O)=C(C(=O)c4ccc(C)o4)[C@@H]3c3ccc(O)cc3)sc2c1. The van der Waals surface area contributed by atoms with Gasteiger partial charge in [-0.15, -0.1) is 0 Å². The van der Waals surface area contributed by atoms with Crippen molar-refractivity contribution in [2.45, 2.75) is 19.9 Å². The summed E-state index contributed by atoms with van der Waals surface area (Å²) in [6.45, 7) is 3.67. The number of phenolic OH excluding ortho intramolecular Hbond substituents is 1. The van der Waals surface area contributed by atoms with E-state index in [1.165, 1.54) is 34.4 Å².